The van der Waals surface area contributed by atoms with Gasteiger partial charge in [-0.15, -0.1) is 0 Å². The molecule has 3 heteroatoms. The maximum Gasteiger partial charge on any atom is 0.127 e. The molecule has 12 heavy (non-hydrogen) atoms. The Bertz CT molecular complexity index is 278. The van der Waals surface area contributed by atoms with E-state index in [1.54, 1.807) is 0 Å². The van der Waals surface area contributed by atoms with Crippen LogP contribution in [-0.4, -0.2) is 35.0 Å². The third kappa shape index (κ3) is 1.28. The molecule has 0 aromatic heterocycles. The molecule has 3 nitrogen and oxygen atoms in total. The fraction of sp³-hybridized carbons (Fsp3) is 0.444. The summed E-state index contributed by atoms with van der Waals surface area (Å²) in [5, 5.41) is 9.33. The van der Waals surface area contributed by atoms with Crippen molar-refractivity contribution in [3.63, 3.8) is 0 Å². The first kappa shape index (κ1) is 7.55. The van der Waals surface area contributed by atoms with Gasteiger partial charge in [0.05, 0.1) is 19.2 Å². The lowest BCUT2D eigenvalue weighted by molar-refractivity contribution is 0.154. The van der Waals surface area contributed by atoms with Crippen molar-refractivity contribution in [3.05, 3.63) is 23.9 Å². The molecule has 1 atom stereocenters. The summed E-state index contributed by atoms with van der Waals surface area (Å²) in [6.07, 6.45) is 5.72. The monoisotopic (exact) mass is 164 g/mol. The van der Waals surface area contributed by atoms with Gasteiger partial charge in [0.25, 0.3) is 0 Å². The topological polar surface area (TPSA) is 35.8 Å². The maximum absolute atomic E-state index is 9.33. The molecule has 2 aliphatic rings. The molecular weight excluding hydrogens is 152 g/mol. The number of hydrogen-bond donors (Lipinski definition) is 1. The average molecular weight is 164 g/mol. The molecule has 0 aromatic rings. The molecule has 1 unspecified atom stereocenters. The van der Waals surface area contributed by atoms with Crippen LogP contribution in [0.5, 0.6) is 0 Å². The highest BCUT2D eigenvalue weighted by Gasteiger charge is 2.19. The molecule has 2 heterocycles. The first-order chi connectivity index (χ1) is 5.75. The SMILES string of the molecule is CC1=CN2CC(O)CN=C2C=C1. The first-order valence-electron chi connectivity index (χ1n) is 4.11. The zero-order valence-electron chi connectivity index (χ0n) is 7.07. The highest BCUT2D eigenvalue weighted by atomic mass is 16.3. The molecule has 0 aromatic carbocycles. The van der Waals surface area contributed by atoms with Crippen LogP contribution in [0.3, 0.4) is 0 Å². The van der Waals surface area contributed by atoms with Gasteiger partial charge in [0.1, 0.15) is 5.84 Å². The lowest BCUT2D eigenvalue weighted by Crippen LogP contribution is -2.39. The van der Waals surface area contributed by atoms with E-state index in [1.807, 2.05) is 30.2 Å². The Morgan fingerprint density at radius 1 is 1.58 bits per heavy atom. The summed E-state index contributed by atoms with van der Waals surface area (Å²) < 4.78 is 0. The molecule has 0 radical (unpaired) electrons. The van der Waals surface area contributed by atoms with Crippen LogP contribution in [0.15, 0.2) is 28.9 Å². The Morgan fingerprint density at radius 2 is 2.42 bits per heavy atom. The van der Waals surface area contributed by atoms with Gasteiger partial charge in [-0.25, -0.2) is 0 Å². The van der Waals surface area contributed by atoms with Gasteiger partial charge in [0, 0.05) is 6.20 Å². The van der Waals surface area contributed by atoms with Gasteiger partial charge in [-0.2, -0.15) is 0 Å². The molecule has 0 spiro atoms. The van der Waals surface area contributed by atoms with Gasteiger partial charge in [-0.3, -0.25) is 4.99 Å². The second kappa shape index (κ2) is 2.75. The molecule has 0 saturated heterocycles. The normalized spacial score (nSPS) is 27.8. The second-order valence-corrected chi connectivity index (χ2v) is 3.21. The number of allylic oxidation sites excluding steroid dienone is 2. The summed E-state index contributed by atoms with van der Waals surface area (Å²) in [5.74, 6) is 0.964. The number of rotatable bonds is 0. The molecule has 2 rings (SSSR count). The standard InChI is InChI=1S/C9H12N2O/c1-7-2-3-9-10-4-8(12)6-11(9)5-7/h2-3,5,8,12H,4,6H2,1H3. The number of aliphatic imine (C=N–C) groups is 1. The third-order valence-corrected chi connectivity index (χ3v) is 2.02. The Hall–Kier alpha value is -1.09. The van der Waals surface area contributed by atoms with Crippen molar-refractivity contribution in [1.82, 2.24) is 4.90 Å². The predicted molar refractivity (Wildman–Crippen MR) is 47.9 cm³/mol. The lowest BCUT2D eigenvalue weighted by atomic mass is 10.2. The summed E-state index contributed by atoms with van der Waals surface area (Å²) in [5.41, 5.74) is 1.20. The minimum atomic E-state index is -0.315. The fourth-order valence-corrected chi connectivity index (χ4v) is 1.43. The van der Waals surface area contributed by atoms with Crippen molar-refractivity contribution >= 4 is 5.84 Å². The van der Waals surface area contributed by atoms with Crippen molar-refractivity contribution < 1.29 is 5.11 Å². The summed E-state index contributed by atoms with van der Waals surface area (Å²) in [6, 6.07) is 0. The number of hydrogen-bond acceptors (Lipinski definition) is 3. The summed E-state index contributed by atoms with van der Waals surface area (Å²) in [4.78, 5) is 6.22. The van der Waals surface area contributed by atoms with Crippen molar-refractivity contribution in [3.8, 4) is 0 Å². The summed E-state index contributed by atoms with van der Waals surface area (Å²) >= 11 is 0. The van der Waals surface area contributed by atoms with Crippen LogP contribution in [-0.2, 0) is 0 Å². The van der Waals surface area contributed by atoms with Crippen LogP contribution in [0.2, 0.25) is 0 Å². The van der Waals surface area contributed by atoms with Gasteiger partial charge in [-0.05, 0) is 18.6 Å². The van der Waals surface area contributed by atoms with Gasteiger partial charge in [0.15, 0.2) is 0 Å². The Kier molecular flexibility index (Phi) is 1.73. The van der Waals surface area contributed by atoms with E-state index in [1.165, 1.54) is 5.57 Å². The van der Waals surface area contributed by atoms with Crippen LogP contribution in [0, 0.1) is 0 Å². The number of amidine groups is 1. The Labute approximate surface area is 71.7 Å². The molecule has 0 fully saturated rings. The first-order valence-corrected chi connectivity index (χ1v) is 4.11. The highest BCUT2D eigenvalue weighted by molar-refractivity contribution is 5.95. The van der Waals surface area contributed by atoms with Crippen molar-refractivity contribution in [2.24, 2.45) is 4.99 Å². The van der Waals surface area contributed by atoms with Crippen molar-refractivity contribution in [1.29, 1.82) is 0 Å². The maximum atomic E-state index is 9.33. The zero-order chi connectivity index (χ0) is 8.55. The largest absolute Gasteiger partial charge is 0.389 e. The van der Waals surface area contributed by atoms with Gasteiger partial charge in [-0.1, -0.05) is 6.08 Å². The number of aliphatic hydroxyl groups is 1. The summed E-state index contributed by atoms with van der Waals surface area (Å²) in [6.45, 7) is 3.23. The molecule has 0 amide bonds. The lowest BCUT2D eigenvalue weighted by Gasteiger charge is -2.29. The number of fused-ring (bicyclic) bond motifs is 1. The van der Waals surface area contributed by atoms with E-state index in [4.69, 9.17) is 0 Å². The van der Waals surface area contributed by atoms with Crippen LogP contribution < -0.4 is 0 Å². The Balaban J connectivity index is 2.25. The zero-order valence-corrected chi connectivity index (χ0v) is 7.07. The molecule has 64 valence electrons. The molecule has 2 aliphatic heterocycles. The quantitative estimate of drug-likeness (QED) is 0.567. The molecular formula is C9H12N2O. The van der Waals surface area contributed by atoms with E-state index in [-0.39, 0.29) is 6.10 Å². The highest BCUT2D eigenvalue weighted by Crippen LogP contribution is 2.13. The van der Waals surface area contributed by atoms with E-state index in [0.29, 0.717) is 13.1 Å². The van der Waals surface area contributed by atoms with Crippen molar-refractivity contribution in [2.75, 3.05) is 13.1 Å². The fourth-order valence-electron chi connectivity index (χ4n) is 1.43. The molecule has 0 aliphatic carbocycles. The van der Waals surface area contributed by atoms with Crippen LogP contribution in [0.1, 0.15) is 6.92 Å². The minimum absolute atomic E-state index is 0.315. The van der Waals surface area contributed by atoms with E-state index in [0.717, 1.165) is 5.84 Å². The van der Waals surface area contributed by atoms with Crippen LogP contribution >= 0.6 is 0 Å². The molecule has 1 N–H and O–H groups in total. The molecule has 0 saturated carbocycles. The third-order valence-electron chi connectivity index (χ3n) is 2.02. The van der Waals surface area contributed by atoms with E-state index in [9.17, 15) is 5.11 Å². The number of aliphatic hydroxyl groups excluding tert-OH is 1. The van der Waals surface area contributed by atoms with E-state index >= 15 is 0 Å². The van der Waals surface area contributed by atoms with E-state index in [2.05, 4.69) is 4.99 Å². The van der Waals surface area contributed by atoms with Gasteiger partial charge in [0.2, 0.25) is 0 Å². The Morgan fingerprint density at radius 3 is 3.25 bits per heavy atom. The predicted octanol–water partition coefficient (Wildman–Crippen LogP) is 0.535. The van der Waals surface area contributed by atoms with Gasteiger partial charge < -0.3 is 10.0 Å². The number of nitrogens with zero attached hydrogens (tertiary/aromatic N) is 2. The average Bonchev–Trinajstić information content (AvgIpc) is 2.03. The summed E-state index contributed by atoms with van der Waals surface area (Å²) in [7, 11) is 0. The van der Waals surface area contributed by atoms with Crippen LogP contribution in [0.25, 0.3) is 0 Å². The van der Waals surface area contributed by atoms with Crippen molar-refractivity contribution in [2.45, 2.75) is 13.0 Å². The van der Waals surface area contributed by atoms with Crippen LogP contribution in [0.4, 0.5) is 0 Å². The molecule has 0 bridgehead atoms. The minimum Gasteiger partial charge on any atom is -0.389 e. The van der Waals surface area contributed by atoms with E-state index < -0.39 is 0 Å². The van der Waals surface area contributed by atoms with Gasteiger partial charge >= 0.3 is 0 Å². The smallest absolute Gasteiger partial charge is 0.127 e. The second-order valence-electron chi connectivity index (χ2n) is 3.21.